The fourth-order valence-electron chi connectivity index (χ4n) is 4.05. The molecule has 0 unspecified atom stereocenters. The lowest BCUT2D eigenvalue weighted by Crippen LogP contribution is -2.12. The number of nitrogens with zero attached hydrogens (tertiary/aromatic N) is 2. The summed E-state index contributed by atoms with van der Waals surface area (Å²) in [5.41, 5.74) is 4.48. The molecule has 1 amide bonds. The molecule has 186 valence electrons. The summed E-state index contributed by atoms with van der Waals surface area (Å²) < 4.78 is 16.6. The number of hydrogen-bond donors (Lipinski definition) is 2. The lowest BCUT2D eigenvalue weighted by Gasteiger charge is -2.11. The Morgan fingerprint density at radius 3 is 2.59 bits per heavy atom. The fraction of sp³-hybridized carbons (Fsp3) is 0.138. The van der Waals surface area contributed by atoms with E-state index in [-0.39, 0.29) is 5.91 Å². The highest BCUT2D eigenvalue weighted by Gasteiger charge is 2.14. The standard InChI is InChI=1S/C29H26N4O4/c1-35-25-14-13-19(17-26(25)36-2)15-16-37-27-12-6-11-23(31-27)20-7-5-8-21(18-20)30-29(34)28-22-9-3-4-10-24(22)32-33-28/h3-14,17-18H,15-16H2,1-2H3,(H,30,34)(H,32,33). The van der Waals surface area contributed by atoms with E-state index in [0.717, 1.165) is 27.7 Å². The highest BCUT2D eigenvalue weighted by Crippen LogP contribution is 2.28. The second kappa shape index (κ2) is 10.8. The van der Waals surface area contributed by atoms with Crippen LogP contribution in [0, 0.1) is 0 Å². The van der Waals surface area contributed by atoms with Crippen molar-refractivity contribution in [2.75, 3.05) is 26.1 Å². The first kappa shape index (κ1) is 23.9. The first-order valence-electron chi connectivity index (χ1n) is 11.8. The average Bonchev–Trinajstić information content (AvgIpc) is 3.38. The van der Waals surface area contributed by atoms with E-state index in [2.05, 4.69) is 20.5 Å². The first-order valence-corrected chi connectivity index (χ1v) is 11.8. The maximum Gasteiger partial charge on any atom is 0.276 e. The summed E-state index contributed by atoms with van der Waals surface area (Å²) in [6.07, 6.45) is 0.690. The number of anilines is 1. The highest BCUT2D eigenvalue weighted by atomic mass is 16.5. The Morgan fingerprint density at radius 1 is 0.892 bits per heavy atom. The monoisotopic (exact) mass is 494 g/mol. The molecular formula is C29H26N4O4. The largest absolute Gasteiger partial charge is 0.493 e. The predicted octanol–water partition coefficient (Wildman–Crippen LogP) is 5.52. The zero-order valence-electron chi connectivity index (χ0n) is 20.5. The van der Waals surface area contributed by atoms with Crippen molar-refractivity contribution >= 4 is 22.5 Å². The van der Waals surface area contributed by atoms with Crippen LogP contribution in [0.3, 0.4) is 0 Å². The van der Waals surface area contributed by atoms with Gasteiger partial charge in [0, 0.05) is 29.1 Å². The molecule has 0 bridgehead atoms. The molecule has 37 heavy (non-hydrogen) atoms. The third-order valence-corrected chi connectivity index (χ3v) is 5.91. The molecule has 2 aromatic heterocycles. The number of carbonyl (C=O) groups excluding carboxylic acids is 1. The minimum Gasteiger partial charge on any atom is -0.493 e. The van der Waals surface area contributed by atoms with E-state index in [1.54, 1.807) is 14.2 Å². The van der Waals surface area contributed by atoms with Crippen molar-refractivity contribution in [1.82, 2.24) is 15.2 Å². The van der Waals surface area contributed by atoms with Gasteiger partial charge in [0.1, 0.15) is 0 Å². The van der Waals surface area contributed by atoms with Crippen LogP contribution in [0.4, 0.5) is 5.69 Å². The van der Waals surface area contributed by atoms with Gasteiger partial charge in [0.05, 0.1) is 32.0 Å². The van der Waals surface area contributed by atoms with Gasteiger partial charge in [-0.05, 0) is 42.0 Å². The van der Waals surface area contributed by atoms with Crippen LogP contribution in [0.1, 0.15) is 16.1 Å². The van der Waals surface area contributed by atoms with Gasteiger partial charge in [-0.25, -0.2) is 4.98 Å². The van der Waals surface area contributed by atoms with E-state index >= 15 is 0 Å². The summed E-state index contributed by atoms with van der Waals surface area (Å²) >= 11 is 0. The quantitative estimate of drug-likeness (QED) is 0.280. The Balaban J connectivity index is 1.25. The fourth-order valence-corrected chi connectivity index (χ4v) is 4.05. The summed E-state index contributed by atoms with van der Waals surface area (Å²) in [4.78, 5) is 17.5. The third-order valence-electron chi connectivity index (χ3n) is 5.91. The van der Waals surface area contributed by atoms with E-state index in [1.165, 1.54) is 0 Å². The molecule has 0 aliphatic carbocycles. The van der Waals surface area contributed by atoms with Gasteiger partial charge in [0.25, 0.3) is 5.91 Å². The number of nitrogens with one attached hydrogen (secondary N) is 2. The van der Waals surface area contributed by atoms with Crippen molar-refractivity contribution in [2.24, 2.45) is 0 Å². The number of fused-ring (bicyclic) bond motifs is 1. The van der Waals surface area contributed by atoms with Crippen LogP contribution in [0.2, 0.25) is 0 Å². The van der Waals surface area contributed by atoms with Gasteiger partial charge in [-0.15, -0.1) is 0 Å². The zero-order valence-corrected chi connectivity index (χ0v) is 20.5. The number of hydrogen-bond acceptors (Lipinski definition) is 6. The van der Waals surface area contributed by atoms with Gasteiger partial charge >= 0.3 is 0 Å². The Labute approximate surface area is 214 Å². The molecule has 8 nitrogen and oxygen atoms in total. The average molecular weight is 495 g/mol. The number of methoxy groups -OCH3 is 2. The molecule has 0 fully saturated rings. The minimum atomic E-state index is -0.283. The highest BCUT2D eigenvalue weighted by molar-refractivity contribution is 6.11. The summed E-state index contributed by atoms with van der Waals surface area (Å²) in [5.74, 6) is 1.62. The molecule has 8 heteroatoms. The van der Waals surface area contributed by atoms with Crippen LogP contribution in [-0.4, -0.2) is 41.9 Å². The van der Waals surface area contributed by atoms with Crippen LogP contribution in [0.25, 0.3) is 22.2 Å². The minimum absolute atomic E-state index is 0.283. The molecule has 0 atom stereocenters. The van der Waals surface area contributed by atoms with E-state index in [4.69, 9.17) is 14.2 Å². The maximum atomic E-state index is 12.9. The number of aromatic nitrogens is 3. The number of para-hydroxylation sites is 1. The first-order chi connectivity index (χ1) is 18.1. The molecule has 0 saturated heterocycles. The molecule has 0 saturated carbocycles. The molecule has 2 N–H and O–H groups in total. The number of benzene rings is 3. The van der Waals surface area contributed by atoms with E-state index < -0.39 is 0 Å². The molecule has 0 radical (unpaired) electrons. The van der Waals surface area contributed by atoms with Gasteiger partial charge in [-0.2, -0.15) is 5.10 Å². The number of aromatic amines is 1. The normalized spacial score (nSPS) is 10.8. The second-order valence-electron chi connectivity index (χ2n) is 8.30. The maximum absolute atomic E-state index is 12.9. The van der Waals surface area contributed by atoms with Crippen molar-refractivity contribution in [3.63, 3.8) is 0 Å². The van der Waals surface area contributed by atoms with Crippen molar-refractivity contribution in [1.29, 1.82) is 0 Å². The number of ether oxygens (including phenoxy) is 3. The van der Waals surface area contributed by atoms with Crippen molar-refractivity contribution in [2.45, 2.75) is 6.42 Å². The van der Waals surface area contributed by atoms with Gasteiger partial charge in [0.15, 0.2) is 17.2 Å². The summed E-state index contributed by atoms with van der Waals surface area (Å²) in [6.45, 7) is 0.458. The molecule has 3 aromatic carbocycles. The van der Waals surface area contributed by atoms with E-state index in [1.807, 2.05) is 84.9 Å². The van der Waals surface area contributed by atoms with Crippen LogP contribution >= 0.6 is 0 Å². The Hall–Kier alpha value is -4.85. The van der Waals surface area contributed by atoms with Gasteiger partial charge in [-0.3, -0.25) is 9.89 Å². The third kappa shape index (κ3) is 5.38. The van der Waals surface area contributed by atoms with Gasteiger partial charge in [-0.1, -0.05) is 42.5 Å². The SMILES string of the molecule is COc1ccc(CCOc2cccc(-c3cccc(NC(=O)c4n[nH]c5ccccc45)c3)n2)cc1OC. The molecular weight excluding hydrogens is 468 g/mol. The molecule has 5 rings (SSSR count). The summed E-state index contributed by atoms with van der Waals surface area (Å²) in [7, 11) is 3.23. The predicted molar refractivity (Wildman–Crippen MR) is 142 cm³/mol. The number of carbonyl (C=O) groups is 1. The van der Waals surface area contributed by atoms with Crippen LogP contribution < -0.4 is 19.5 Å². The van der Waals surface area contributed by atoms with Crippen molar-refractivity contribution < 1.29 is 19.0 Å². The molecule has 0 spiro atoms. The Bertz CT molecular complexity index is 1550. The van der Waals surface area contributed by atoms with E-state index in [0.29, 0.717) is 41.8 Å². The topological polar surface area (TPSA) is 98.4 Å². The molecule has 0 aliphatic rings. The van der Waals surface area contributed by atoms with Crippen molar-refractivity contribution in [3.05, 3.63) is 96.2 Å². The second-order valence-corrected chi connectivity index (χ2v) is 8.30. The number of amides is 1. The lowest BCUT2D eigenvalue weighted by molar-refractivity contribution is 0.102. The summed E-state index contributed by atoms with van der Waals surface area (Å²) in [5, 5.41) is 10.8. The summed E-state index contributed by atoms with van der Waals surface area (Å²) in [6, 6.07) is 26.5. The number of rotatable bonds is 9. The van der Waals surface area contributed by atoms with Crippen molar-refractivity contribution in [3.8, 4) is 28.6 Å². The van der Waals surface area contributed by atoms with Gasteiger partial charge in [0.2, 0.25) is 5.88 Å². The van der Waals surface area contributed by atoms with Crippen LogP contribution in [0.5, 0.6) is 17.4 Å². The van der Waals surface area contributed by atoms with E-state index in [9.17, 15) is 4.79 Å². The smallest absolute Gasteiger partial charge is 0.276 e. The van der Waals surface area contributed by atoms with Crippen LogP contribution in [-0.2, 0) is 6.42 Å². The molecule has 0 aliphatic heterocycles. The zero-order chi connectivity index (χ0) is 25.6. The van der Waals surface area contributed by atoms with Crippen LogP contribution in [0.15, 0.2) is 84.9 Å². The Morgan fingerprint density at radius 2 is 1.73 bits per heavy atom. The number of H-pyrrole nitrogens is 1. The molecule has 5 aromatic rings. The lowest BCUT2D eigenvalue weighted by atomic mass is 10.1. The Kier molecular flexibility index (Phi) is 6.98. The number of pyridine rings is 1. The molecule has 2 heterocycles. The van der Waals surface area contributed by atoms with Gasteiger partial charge < -0.3 is 19.5 Å².